The first kappa shape index (κ1) is 31.3. The zero-order chi connectivity index (χ0) is 30.8. The second kappa shape index (κ2) is 12.3. The number of urea groups is 1. The second-order valence-electron chi connectivity index (χ2n) is 10.3. The number of hydroxylamine groups is 1. The Hall–Kier alpha value is -3.68. The number of carbonyl (C=O) groups is 2. The molecule has 0 radical (unpaired) electrons. The van der Waals surface area contributed by atoms with Crippen molar-refractivity contribution in [2.75, 3.05) is 32.4 Å². The average Bonchev–Trinajstić information content (AvgIpc) is 3.41. The van der Waals surface area contributed by atoms with Gasteiger partial charge in [0.1, 0.15) is 5.69 Å². The van der Waals surface area contributed by atoms with E-state index < -0.39 is 47.4 Å². The van der Waals surface area contributed by atoms with Gasteiger partial charge in [-0.05, 0) is 68.5 Å². The van der Waals surface area contributed by atoms with Crippen molar-refractivity contribution >= 4 is 17.7 Å². The number of hydrogen-bond acceptors (Lipinski definition) is 6. The molecule has 3 atom stereocenters. The standard InChI is InChI=1S/C28H31F6N3O5/c1-4-13-36(26(39)37(42-25(38)28(32,33)34)19-7-6-18(29)23(30)24(19)31)17-9-10-27(11-12-35-22(27)15-17)16-5-8-20(40-2)21(14-16)41-3/h5-8,14,17,22,35H,4,9-13,15H2,1-3H3/t17-,22+,27+/m1/s1. The quantitative estimate of drug-likeness (QED) is 0.251. The Morgan fingerprint density at radius 1 is 1.02 bits per heavy atom. The summed E-state index contributed by atoms with van der Waals surface area (Å²) >= 11 is 0. The van der Waals surface area contributed by atoms with Crippen LogP contribution in [0.5, 0.6) is 11.5 Å². The molecule has 2 aliphatic rings. The van der Waals surface area contributed by atoms with Crippen LogP contribution >= 0.6 is 0 Å². The minimum Gasteiger partial charge on any atom is -0.493 e. The summed E-state index contributed by atoms with van der Waals surface area (Å²) in [5.41, 5.74) is -0.523. The van der Waals surface area contributed by atoms with E-state index in [4.69, 9.17) is 9.47 Å². The van der Waals surface area contributed by atoms with E-state index in [0.717, 1.165) is 12.0 Å². The Labute approximate surface area is 238 Å². The van der Waals surface area contributed by atoms with E-state index in [1.807, 2.05) is 12.1 Å². The highest BCUT2D eigenvalue weighted by atomic mass is 19.4. The third-order valence-corrected chi connectivity index (χ3v) is 7.98. The predicted molar refractivity (Wildman–Crippen MR) is 139 cm³/mol. The first-order valence-electron chi connectivity index (χ1n) is 13.4. The maximum absolute atomic E-state index is 14.7. The van der Waals surface area contributed by atoms with Crippen molar-refractivity contribution < 1.29 is 50.2 Å². The zero-order valence-electron chi connectivity index (χ0n) is 23.2. The van der Waals surface area contributed by atoms with E-state index in [-0.39, 0.29) is 23.1 Å². The van der Waals surface area contributed by atoms with E-state index in [1.165, 1.54) is 19.1 Å². The van der Waals surface area contributed by atoms with Crippen molar-refractivity contribution in [2.24, 2.45) is 0 Å². The molecule has 4 rings (SSSR count). The van der Waals surface area contributed by atoms with Gasteiger partial charge in [0.05, 0.1) is 14.2 Å². The van der Waals surface area contributed by atoms with Gasteiger partial charge >= 0.3 is 18.2 Å². The summed E-state index contributed by atoms with van der Waals surface area (Å²) in [4.78, 5) is 30.9. The van der Waals surface area contributed by atoms with Crippen LogP contribution in [0.4, 0.5) is 36.8 Å². The minimum absolute atomic E-state index is 0.00490. The number of nitrogens with one attached hydrogen (secondary N) is 1. The summed E-state index contributed by atoms with van der Waals surface area (Å²) in [7, 11) is 3.06. The van der Waals surface area contributed by atoms with Crippen molar-refractivity contribution in [3.8, 4) is 11.5 Å². The van der Waals surface area contributed by atoms with Gasteiger partial charge in [0.2, 0.25) is 0 Å². The van der Waals surface area contributed by atoms with E-state index in [0.29, 0.717) is 55.9 Å². The Bertz CT molecular complexity index is 1330. The molecule has 1 saturated carbocycles. The van der Waals surface area contributed by atoms with Gasteiger partial charge in [-0.25, -0.2) is 22.8 Å². The maximum atomic E-state index is 14.7. The molecule has 8 nitrogen and oxygen atoms in total. The monoisotopic (exact) mass is 603 g/mol. The smallest absolute Gasteiger partial charge is 0.493 e. The molecule has 2 fully saturated rings. The lowest BCUT2D eigenvalue weighted by Gasteiger charge is -2.46. The van der Waals surface area contributed by atoms with Crippen molar-refractivity contribution in [2.45, 2.75) is 62.7 Å². The fraction of sp³-hybridized carbons (Fsp3) is 0.500. The maximum Gasteiger partial charge on any atom is 0.493 e. The molecule has 2 aromatic rings. The summed E-state index contributed by atoms with van der Waals surface area (Å²) in [5.74, 6) is -7.37. The topological polar surface area (TPSA) is 80.3 Å². The fourth-order valence-electron chi connectivity index (χ4n) is 5.97. The van der Waals surface area contributed by atoms with Crippen molar-refractivity contribution in [1.82, 2.24) is 10.2 Å². The molecule has 0 bridgehead atoms. The number of rotatable bonds is 7. The predicted octanol–water partition coefficient (Wildman–Crippen LogP) is 5.63. The number of nitrogens with zero attached hydrogens (tertiary/aromatic N) is 2. The van der Waals surface area contributed by atoms with E-state index in [9.17, 15) is 35.9 Å². The molecule has 0 aromatic heterocycles. The van der Waals surface area contributed by atoms with Gasteiger partial charge < -0.3 is 24.5 Å². The van der Waals surface area contributed by atoms with Crippen LogP contribution in [0.1, 0.15) is 44.6 Å². The number of fused-ring (bicyclic) bond motifs is 1. The Balaban J connectivity index is 1.66. The summed E-state index contributed by atoms with van der Waals surface area (Å²) < 4.78 is 92.5. The lowest BCUT2D eigenvalue weighted by atomic mass is 9.65. The highest BCUT2D eigenvalue weighted by molar-refractivity contribution is 5.93. The lowest BCUT2D eigenvalue weighted by molar-refractivity contribution is -0.200. The van der Waals surface area contributed by atoms with Crippen molar-refractivity contribution in [3.63, 3.8) is 0 Å². The highest BCUT2D eigenvalue weighted by Crippen LogP contribution is 2.48. The number of amides is 2. The molecule has 1 aliphatic carbocycles. The van der Waals surface area contributed by atoms with Gasteiger partial charge in [-0.3, -0.25) is 0 Å². The zero-order valence-corrected chi connectivity index (χ0v) is 23.2. The molecule has 0 spiro atoms. The van der Waals surface area contributed by atoms with Gasteiger partial charge in [-0.1, -0.05) is 13.0 Å². The average molecular weight is 604 g/mol. The molecule has 2 amide bonds. The Morgan fingerprint density at radius 2 is 1.74 bits per heavy atom. The van der Waals surface area contributed by atoms with Gasteiger partial charge in [-0.2, -0.15) is 13.2 Å². The summed E-state index contributed by atoms with van der Waals surface area (Å²) in [5, 5.41) is 3.21. The van der Waals surface area contributed by atoms with Crippen LogP contribution in [0.15, 0.2) is 30.3 Å². The second-order valence-corrected chi connectivity index (χ2v) is 10.3. The molecule has 1 saturated heterocycles. The number of carbonyl (C=O) groups excluding carboxylic acids is 2. The van der Waals surface area contributed by atoms with Crippen LogP contribution in [-0.2, 0) is 15.0 Å². The van der Waals surface area contributed by atoms with Crippen molar-refractivity contribution in [3.05, 3.63) is 53.3 Å². The third-order valence-electron chi connectivity index (χ3n) is 7.98. The fourth-order valence-corrected chi connectivity index (χ4v) is 5.97. The molecule has 2 aromatic carbocycles. The number of ether oxygens (including phenoxy) is 2. The van der Waals surface area contributed by atoms with Crippen LogP contribution in [0.25, 0.3) is 0 Å². The number of methoxy groups -OCH3 is 2. The van der Waals surface area contributed by atoms with Crippen molar-refractivity contribution in [1.29, 1.82) is 0 Å². The van der Waals surface area contributed by atoms with Crippen LogP contribution in [0.3, 0.4) is 0 Å². The molecule has 14 heteroatoms. The summed E-state index contributed by atoms with van der Waals surface area (Å²) in [6.07, 6.45) is -3.10. The first-order chi connectivity index (χ1) is 19.9. The van der Waals surface area contributed by atoms with Gasteiger partial charge in [0.25, 0.3) is 0 Å². The van der Waals surface area contributed by atoms with E-state index >= 15 is 0 Å². The molecule has 0 unspecified atom stereocenters. The minimum atomic E-state index is -5.55. The normalized spacial score (nSPS) is 21.8. The van der Waals surface area contributed by atoms with Crippen LogP contribution in [-0.4, -0.2) is 62.5 Å². The lowest BCUT2D eigenvalue weighted by Crippen LogP contribution is -2.56. The number of alkyl halides is 3. The summed E-state index contributed by atoms with van der Waals surface area (Å²) in [6.45, 7) is 2.39. The molecule has 1 N–H and O–H groups in total. The Morgan fingerprint density at radius 3 is 2.38 bits per heavy atom. The highest BCUT2D eigenvalue weighted by Gasteiger charge is 2.50. The van der Waals surface area contributed by atoms with Gasteiger partial charge in [0.15, 0.2) is 29.0 Å². The van der Waals surface area contributed by atoms with Crippen LogP contribution in [0, 0.1) is 17.5 Å². The SMILES string of the molecule is CCCN(C(=O)N(OC(=O)C(F)(F)F)c1ccc(F)c(F)c1F)[C@@H]1CC[C@@]2(c3ccc(OC)c(OC)c3)CCN[C@H]2C1. The van der Waals surface area contributed by atoms with Gasteiger partial charge in [-0.15, -0.1) is 5.06 Å². The Kier molecular flexibility index (Phi) is 9.14. The number of hydrogen-bond donors (Lipinski definition) is 1. The molecule has 42 heavy (non-hydrogen) atoms. The van der Waals surface area contributed by atoms with E-state index in [1.54, 1.807) is 13.0 Å². The third kappa shape index (κ3) is 5.81. The molecule has 1 aliphatic heterocycles. The number of halogens is 6. The summed E-state index contributed by atoms with van der Waals surface area (Å²) in [6, 6.07) is 4.55. The van der Waals surface area contributed by atoms with E-state index in [2.05, 4.69) is 10.2 Å². The molecular weight excluding hydrogens is 572 g/mol. The van der Waals surface area contributed by atoms with Gasteiger partial charge in [0, 0.05) is 24.0 Å². The molecule has 1 heterocycles. The largest absolute Gasteiger partial charge is 0.493 e. The molecule has 230 valence electrons. The number of benzene rings is 2. The number of anilines is 1. The van der Waals surface area contributed by atoms with Crippen LogP contribution in [0.2, 0.25) is 0 Å². The molecular formula is C28H31F6N3O5. The first-order valence-corrected chi connectivity index (χ1v) is 13.4. The van der Waals surface area contributed by atoms with Crippen LogP contribution < -0.4 is 19.9 Å².